The number of amides is 2. The molecule has 0 saturated carbocycles. The highest BCUT2D eigenvalue weighted by atomic mass is 16.2. The van der Waals surface area contributed by atoms with Gasteiger partial charge in [0.25, 0.3) is 5.91 Å². The molecule has 2 aromatic rings. The minimum atomic E-state index is -0.343. The summed E-state index contributed by atoms with van der Waals surface area (Å²) in [6.45, 7) is 7.37. The molecule has 1 saturated heterocycles. The first-order valence-electron chi connectivity index (χ1n) is 9.12. The molecule has 2 amide bonds. The summed E-state index contributed by atoms with van der Waals surface area (Å²) in [5.41, 5.74) is 1.44. The summed E-state index contributed by atoms with van der Waals surface area (Å²) >= 11 is 0. The Morgan fingerprint density at radius 1 is 0.964 bits per heavy atom. The van der Waals surface area contributed by atoms with Crippen molar-refractivity contribution >= 4 is 29.1 Å². The van der Waals surface area contributed by atoms with E-state index in [1.165, 1.54) is 6.92 Å². The number of anilines is 2. The smallest absolute Gasteiger partial charge is 0.274 e. The molecular formula is C20H23N5O3. The SMILES string of the molecule is CC(=O)c1ccc(NC(=O)c2cc(N3CCN(C(C)=O)CC3)nc(C)n2)cc1. The van der Waals surface area contributed by atoms with Crippen LogP contribution in [0, 0.1) is 6.92 Å². The predicted octanol–water partition coefficient (Wildman–Crippen LogP) is 1.91. The molecule has 2 heterocycles. The number of benzene rings is 1. The van der Waals surface area contributed by atoms with Crippen LogP contribution in [0.4, 0.5) is 11.5 Å². The summed E-state index contributed by atoms with van der Waals surface area (Å²) in [4.78, 5) is 48.0. The number of piperazine rings is 1. The van der Waals surface area contributed by atoms with Crippen molar-refractivity contribution in [3.05, 3.63) is 47.4 Å². The van der Waals surface area contributed by atoms with Gasteiger partial charge >= 0.3 is 0 Å². The standard InChI is InChI=1S/C20H23N5O3/c1-13(26)16-4-6-17(7-5-16)23-20(28)18-12-19(22-14(2)21-18)25-10-8-24(9-11-25)15(3)27/h4-7,12H,8-11H2,1-3H3,(H,23,28). The summed E-state index contributed by atoms with van der Waals surface area (Å²) in [6.07, 6.45) is 0. The molecule has 0 bridgehead atoms. The second kappa shape index (κ2) is 8.16. The van der Waals surface area contributed by atoms with E-state index in [-0.39, 0.29) is 23.3 Å². The van der Waals surface area contributed by atoms with Crippen LogP contribution in [0.2, 0.25) is 0 Å². The van der Waals surface area contributed by atoms with Crippen molar-refractivity contribution in [2.24, 2.45) is 0 Å². The molecule has 1 aliphatic heterocycles. The zero-order valence-electron chi connectivity index (χ0n) is 16.2. The highest BCUT2D eigenvalue weighted by Crippen LogP contribution is 2.17. The quantitative estimate of drug-likeness (QED) is 0.813. The van der Waals surface area contributed by atoms with Crippen LogP contribution in [0.5, 0.6) is 0 Å². The molecule has 1 aromatic carbocycles. The van der Waals surface area contributed by atoms with Crippen LogP contribution in [0.1, 0.15) is 40.5 Å². The first kappa shape index (κ1) is 19.5. The van der Waals surface area contributed by atoms with Crippen molar-refractivity contribution in [2.45, 2.75) is 20.8 Å². The van der Waals surface area contributed by atoms with Gasteiger partial charge in [0.1, 0.15) is 17.3 Å². The molecule has 0 radical (unpaired) electrons. The van der Waals surface area contributed by atoms with Crippen LogP contribution in [0.3, 0.4) is 0 Å². The summed E-state index contributed by atoms with van der Waals surface area (Å²) in [7, 11) is 0. The summed E-state index contributed by atoms with van der Waals surface area (Å²) in [5.74, 6) is 0.870. The van der Waals surface area contributed by atoms with Crippen molar-refractivity contribution in [1.82, 2.24) is 14.9 Å². The van der Waals surface area contributed by atoms with Crippen molar-refractivity contribution < 1.29 is 14.4 Å². The molecule has 0 atom stereocenters. The number of rotatable bonds is 4. The van der Waals surface area contributed by atoms with E-state index < -0.39 is 0 Å². The lowest BCUT2D eigenvalue weighted by molar-refractivity contribution is -0.129. The normalized spacial score (nSPS) is 14.0. The van der Waals surface area contributed by atoms with Gasteiger partial charge in [-0.15, -0.1) is 0 Å². The minimum absolute atomic E-state index is 0.0289. The highest BCUT2D eigenvalue weighted by Gasteiger charge is 2.21. The topological polar surface area (TPSA) is 95.5 Å². The van der Waals surface area contributed by atoms with Gasteiger partial charge in [0, 0.05) is 50.4 Å². The van der Waals surface area contributed by atoms with E-state index >= 15 is 0 Å². The first-order chi connectivity index (χ1) is 13.3. The Kier molecular flexibility index (Phi) is 5.67. The van der Waals surface area contributed by atoms with Gasteiger partial charge in [0.2, 0.25) is 5.91 Å². The zero-order valence-corrected chi connectivity index (χ0v) is 16.2. The number of nitrogens with one attached hydrogen (secondary N) is 1. The van der Waals surface area contributed by atoms with Crippen LogP contribution in [0.25, 0.3) is 0 Å². The second-order valence-electron chi connectivity index (χ2n) is 6.74. The van der Waals surface area contributed by atoms with Crippen molar-refractivity contribution in [3.8, 4) is 0 Å². The molecular weight excluding hydrogens is 358 g/mol. The molecule has 0 spiro atoms. The molecule has 3 rings (SSSR count). The largest absolute Gasteiger partial charge is 0.353 e. The Hall–Kier alpha value is -3.29. The Bertz CT molecular complexity index is 903. The van der Waals surface area contributed by atoms with Gasteiger partial charge in [-0.3, -0.25) is 14.4 Å². The Balaban J connectivity index is 1.73. The predicted molar refractivity (Wildman–Crippen MR) is 106 cm³/mol. The van der Waals surface area contributed by atoms with Crippen molar-refractivity contribution in [1.29, 1.82) is 0 Å². The lowest BCUT2D eigenvalue weighted by atomic mass is 10.1. The molecule has 8 heteroatoms. The van der Waals surface area contributed by atoms with Gasteiger partial charge in [0.15, 0.2) is 5.78 Å². The molecule has 28 heavy (non-hydrogen) atoms. The number of Topliss-reactive ketones (excluding diaryl/α,β-unsaturated/α-hetero) is 1. The first-order valence-corrected chi connectivity index (χ1v) is 9.12. The zero-order chi connectivity index (χ0) is 20.3. The molecule has 1 fully saturated rings. The maximum absolute atomic E-state index is 12.6. The van der Waals surface area contributed by atoms with Gasteiger partial charge in [-0.05, 0) is 38.1 Å². The fourth-order valence-corrected chi connectivity index (χ4v) is 3.06. The molecule has 1 aliphatic rings. The van der Waals surface area contributed by atoms with Crippen LogP contribution >= 0.6 is 0 Å². The van der Waals surface area contributed by atoms with E-state index in [0.29, 0.717) is 49.1 Å². The van der Waals surface area contributed by atoms with E-state index in [1.807, 2.05) is 4.90 Å². The number of carbonyl (C=O) groups excluding carboxylic acids is 3. The van der Waals surface area contributed by atoms with Crippen molar-refractivity contribution in [3.63, 3.8) is 0 Å². The minimum Gasteiger partial charge on any atom is -0.353 e. The fourth-order valence-electron chi connectivity index (χ4n) is 3.06. The third-order valence-corrected chi connectivity index (χ3v) is 4.66. The van der Waals surface area contributed by atoms with Crippen LogP contribution in [-0.4, -0.2) is 58.6 Å². The molecule has 1 aromatic heterocycles. The Morgan fingerprint density at radius 3 is 2.18 bits per heavy atom. The third kappa shape index (κ3) is 4.51. The monoisotopic (exact) mass is 381 g/mol. The third-order valence-electron chi connectivity index (χ3n) is 4.66. The van der Waals surface area contributed by atoms with E-state index in [1.54, 1.807) is 49.1 Å². The Labute approximate surface area is 163 Å². The van der Waals surface area contributed by atoms with Gasteiger partial charge in [0.05, 0.1) is 0 Å². The maximum atomic E-state index is 12.6. The van der Waals surface area contributed by atoms with Gasteiger partial charge in [-0.1, -0.05) is 0 Å². The number of carbonyl (C=O) groups is 3. The highest BCUT2D eigenvalue weighted by molar-refractivity contribution is 6.03. The van der Waals surface area contributed by atoms with Gasteiger partial charge < -0.3 is 15.1 Å². The molecule has 0 unspecified atom stereocenters. The fraction of sp³-hybridized carbons (Fsp3) is 0.350. The number of aryl methyl sites for hydroxylation is 1. The summed E-state index contributed by atoms with van der Waals surface area (Å²) in [6, 6.07) is 8.37. The average Bonchev–Trinajstić information content (AvgIpc) is 2.68. The van der Waals surface area contributed by atoms with Gasteiger partial charge in [-0.25, -0.2) is 9.97 Å². The summed E-state index contributed by atoms with van der Waals surface area (Å²) < 4.78 is 0. The van der Waals surface area contributed by atoms with Gasteiger partial charge in [-0.2, -0.15) is 0 Å². The van der Waals surface area contributed by atoms with E-state index in [0.717, 1.165) is 0 Å². The number of nitrogens with zero attached hydrogens (tertiary/aromatic N) is 4. The van der Waals surface area contributed by atoms with Crippen LogP contribution < -0.4 is 10.2 Å². The van der Waals surface area contributed by atoms with E-state index in [9.17, 15) is 14.4 Å². The lowest BCUT2D eigenvalue weighted by Crippen LogP contribution is -2.48. The molecule has 146 valence electrons. The summed E-state index contributed by atoms with van der Waals surface area (Å²) in [5, 5.41) is 2.79. The maximum Gasteiger partial charge on any atom is 0.274 e. The van der Waals surface area contributed by atoms with Crippen molar-refractivity contribution in [2.75, 3.05) is 36.4 Å². The second-order valence-corrected chi connectivity index (χ2v) is 6.74. The molecule has 1 N–H and O–H groups in total. The van der Waals surface area contributed by atoms with Crippen LogP contribution in [-0.2, 0) is 4.79 Å². The molecule has 0 aliphatic carbocycles. The van der Waals surface area contributed by atoms with Crippen LogP contribution in [0.15, 0.2) is 30.3 Å². The van der Waals surface area contributed by atoms with E-state index in [4.69, 9.17) is 0 Å². The lowest BCUT2D eigenvalue weighted by Gasteiger charge is -2.35. The number of ketones is 1. The van der Waals surface area contributed by atoms with E-state index in [2.05, 4.69) is 15.3 Å². The number of hydrogen-bond acceptors (Lipinski definition) is 6. The molecule has 8 nitrogen and oxygen atoms in total. The Morgan fingerprint density at radius 2 is 1.61 bits per heavy atom. The average molecular weight is 381 g/mol. The number of hydrogen-bond donors (Lipinski definition) is 1. The number of aromatic nitrogens is 2.